The lowest BCUT2D eigenvalue weighted by Crippen LogP contribution is -2.51. The number of aliphatic hydroxyl groups is 3. The van der Waals surface area contributed by atoms with E-state index in [1.807, 2.05) is 90.7 Å². The summed E-state index contributed by atoms with van der Waals surface area (Å²) >= 11 is 6.12. The number of anilines is 2. The summed E-state index contributed by atoms with van der Waals surface area (Å²) in [6.45, 7) is 3.94. The summed E-state index contributed by atoms with van der Waals surface area (Å²) in [5.74, 6) is -1.17. The second-order valence-electron chi connectivity index (χ2n) is 18.9. The molecule has 0 unspecified atom stereocenters. The number of carbonyl (C=O) groups excluding carboxylic acids is 3. The first-order valence-corrected chi connectivity index (χ1v) is 24.9. The Morgan fingerprint density at radius 2 is 1.55 bits per heavy atom. The van der Waals surface area contributed by atoms with Crippen LogP contribution in [0.4, 0.5) is 16.4 Å². The van der Waals surface area contributed by atoms with Crippen LogP contribution in [0.1, 0.15) is 89.0 Å². The van der Waals surface area contributed by atoms with Crippen molar-refractivity contribution in [3.63, 3.8) is 0 Å². The van der Waals surface area contributed by atoms with Gasteiger partial charge in [0.15, 0.2) is 28.8 Å². The highest BCUT2D eigenvalue weighted by Gasteiger charge is 2.39. The van der Waals surface area contributed by atoms with Crippen LogP contribution in [0.15, 0.2) is 103 Å². The van der Waals surface area contributed by atoms with Crippen LogP contribution in [0.25, 0.3) is 11.1 Å². The third-order valence-corrected chi connectivity index (χ3v) is 14.3. The van der Waals surface area contributed by atoms with Gasteiger partial charge in [0.1, 0.15) is 24.9 Å². The number of unbranched alkanes of at least 4 members (excludes halogenated alkanes) is 1. The van der Waals surface area contributed by atoms with E-state index in [1.165, 1.54) is 0 Å². The summed E-state index contributed by atoms with van der Waals surface area (Å²) in [6, 6.07) is 33.6. The van der Waals surface area contributed by atoms with E-state index in [0.29, 0.717) is 51.7 Å². The van der Waals surface area contributed by atoms with Crippen molar-refractivity contribution in [3.05, 3.63) is 142 Å². The molecule has 5 aromatic rings. The number of piperidine rings is 1. The first kappa shape index (κ1) is 51.2. The molecule has 4 aromatic carbocycles. The summed E-state index contributed by atoms with van der Waals surface area (Å²) in [5, 5.41) is 35.2. The average molecular weight is 991 g/mol. The van der Waals surface area contributed by atoms with Gasteiger partial charge in [-0.1, -0.05) is 121 Å². The number of halogens is 1. The Labute approximate surface area is 419 Å². The number of fused-ring (bicyclic) bond motifs is 3. The minimum Gasteiger partial charge on any atom is -0.448 e. The Morgan fingerprint density at radius 1 is 0.887 bits per heavy atom. The van der Waals surface area contributed by atoms with Gasteiger partial charge in [-0.25, -0.2) is 14.8 Å². The number of hydrogen-bond donors (Lipinski definition) is 6. The molecule has 1 aliphatic carbocycles. The van der Waals surface area contributed by atoms with Crippen LogP contribution >= 0.6 is 11.6 Å². The number of amides is 3. The van der Waals surface area contributed by atoms with E-state index in [1.54, 1.807) is 4.90 Å². The fourth-order valence-electron chi connectivity index (χ4n) is 10.0. The summed E-state index contributed by atoms with van der Waals surface area (Å²) in [4.78, 5) is 53.2. The Hall–Kier alpha value is -6.14. The van der Waals surface area contributed by atoms with Gasteiger partial charge >= 0.3 is 6.09 Å². The smallest absolute Gasteiger partial charge is 0.409 e. The first-order valence-electron chi connectivity index (χ1n) is 24.5. The number of nitrogens with zero attached hydrogens (tertiary/aromatic N) is 4. The normalized spacial score (nSPS) is 19.3. The second-order valence-corrected chi connectivity index (χ2v) is 19.3. The molecule has 8 rings (SSSR count). The highest BCUT2D eigenvalue weighted by atomic mass is 35.5. The molecule has 71 heavy (non-hydrogen) atoms. The number of ether oxygens (including phenoxy) is 3. The third kappa shape index (κ3) is 12.7. The summed E-state index contributed by atoms with van der Waals surface area (Å²) in [6.07, 6.45) is -2.56. The minimum absolute atomic E-state index is 0.00233. The molecule has 17 heteroatoms. The van der Waals surface area contributed by atoms with Crippen molar-refractivity contribution in [1.29, 1.82) is 0 Å². The van der Waals surface area contributed by atoms with Gasteiger partial charge in [-0.3, -0.25) is 9.59 Å². The van der Waals surface area contributed by atoms with Crippen molar-refractivity contribution in [2.75, 3.05) is 57.4 Å². The van der Waals surface area contributed by atoms with Crippen molar-refractivity contribution in [1.82, 2.24) is 25.1 Å². The van der Waals surface area contributed by atoms with E-state index in [9.17, 15) is 29.7 Å². The van der Waals surface area contributed by atoms with Crippen LogP contribution in [0.2, 0.25) is 5.15 Å². The lowest BCUT2D eigenvalue weighted by atomic mass is 9.93. The van der Waals surface area contributed by atoms with Crippen LogP contribution in [-0.4, -0.2) is 123 Å². The number of nitrogens with two attached hydrogens (primary N) is 2. The summed E-state index contributed by atoms with van der Waals surface area (Å²) < 4.78 is 17.8. The van der Waals surface area contributed by atoms with E-state index >= 15 is 0 Å². The molecule has 0 bridgehead atoms. The lowest BCUT2D eigenvalue weighted by Gasteiger charge is -2.38. The van der Waals surface area contributed by atoms with Crippen LogP contribution in [0.5, 0.6) is 0 Å². The molecule has 2 saturated heterocycles. The quantitative estimate of drug-likeness (QED) is 0.0490. The van der Waals surface area contributed by atoms with Crippen LogP contribution in [0.3, 0.4) is 0 Å². The Bertz CT molecular complexity index is 2570. The maximum atomic E-state index is 14.5. The summed E-state index contributed by atoms with van der Waals surface area (Å²) in [5.41, 5.74) is 19.0. The van der Waals surface area contributed by atoms with Gasteiger partial charge in [-0.15, -0.1) is 0 Å². The molecule has 6 atom stereocenters. The molecule has 3 aliphatic rings. The standard InChI is InChI=1S/C54H64ClN7O9/c1-33-13-5-6-16-37(33)27-35(28-58-52(67)46-50(56)60-51(57)49(55)59-46)30-62(54(68)70-31-42-40-19-9-7-17-38(40)39-18-8-10-20-41(39)42)29-34-23-25-61(26-24-34)45(65)22-12-11-21-43(63)47(66)48-44(64)32-69-53(71-48)36-14-3-2-4-15-36/h2-10,13-20,34-35,42-44,47-48,53,63-64,66H,11-12,21-32H2,1H3,(H,58,67)(H4,56,57,60)/t35-,43-,44+,47+,48+,53+/m0/s1. The van der Waals surface area contributed by atoms with Gasteiger partial charge in [0.25, 0.3) is 5.91 Å². The van der Waals surface area contributed by atoms with E-state index in [-0.39, 0.29) is 85.3 Å². The average Bonchev–Trinajstić information content (AvgIpc) is 3.71. The van der Waals surface area contributed by atoms with Gasteiger partial charge in [0.05, 0.1) is 12.7 Å². The van der Waals surface area contributed by atoms with Crippen molar-refractivity contribution >= 4 is 41.1 Å². The molecule has 3 heterocycles. The molecule has 3 amide bonds. The lowest BCUT2D eigenvalue weighted by molar-refractivity contribution is -0.283. The van der Waals surface area contributed by atoms with Crippen molar-refractivity contribution in [2.24, 2.45) is 11.8 Å². The zero-order valence-electron chi connectivity index (χ0n) is 39.9. The molecule has 2 aliphatic heterocycles. The molecule has 376 valence electrons. The van der Waals surface area contributed by atoms with Gasteiger partial charge in [-0.05, 0) is 84.2 Å². The predicted octanol–water partition coefficient (Wildman–Crippen LogP) is 6.44. The molecule has 0 radical (unpaired) electrons. The molecule has 0 saturated carbocycles. The zero-order chi connectivity index (χ0) is 50.0. The highest BCUT2D eigenvalue weighted by Crippen LogP contribution is 2.44. The van der Waals surface area contributed by atoms with E-state index in [4.69, 9.17) is 37.3 Å². The Balaban J connectivity index is 0.896. The molecule has 0 spiro atoms. The molecule has 2 fully saturated rings. The predicted molar refractivity (Wildman–Crippen MR) is 269 cm³/mol. The molecular formula is C54H64ClN7O9. The third-order valence-electron chi connectivity index (χ3n) is 14.0. The topological polar surface area (TPSA) is 236 Å². The Kier molecular flexibility index (Phi) is 17.2. The van der Waals surface area contributed by atoms with Gasteiger partial charge in [-0.2, -0.15) is 0 Å². The number of nitrogens with one attached hydrogen (secondary N) is 1. The van der Waals surface area contributed by atoms with E-state index in [0.717, 1.165) is 38.9 Å². The number of aromatic nitrogens is 2. The van der Waals surface area contributed by atoms with Crippen LogP contribution in [-0.2, 0) is 25.4 Å². The molecule has 16 nitrogen and oxygen atoms in total. The van der Waals surface area contributed by atoms with Gasteiger partial charge < -0.3 is 56.1 Å². The zero-order valence-corrected chi connectivity index (χ0v) is 40.7. The van der Waals surface area contributed by atoms with Crippen molar-refractivity contribution in [3.8, 4) is 11.1 Å². The van der Waals surface area contributed by atoms with Gasteiger partial charge in [0.2, 0.25) is 5.91 Å². The number of aliphatic hydroxyl groups excluding tert-OH is 3. The number of aryl methyl sites for hydroxylation is 1. The number of nitrogen functional groups attached to an aromatic ring is 2. The number of rotatable bonds is 19. The summed E-state index contributed by atoms with van der Waals surface area (Å²) in [7, 11) is 0. The van der Waals surface area contributed by atoms with Crippen LogP contribution in [0, 0.1) is 18.8 Å². The number of likely N-dealkylation sites (tertiary alicyclic amines) is 1. The monoisotopic (exact) mass is 989 g/mol. The van der Waals surface area contributed by atoms with Gasteiger partial charge in [0, 0.05) is 50.6 Å². The maximum absolute atomic E-state index is 14.5. The Morgan fingerprint density at radius 3 is 2.25 bits per heavy atom. The minimum atomic E-state index is -1.34. The van der Waals surface area contributed by atoms with Crippen LogP contribution < -0.4 is 16.8 Å². The first-order chi connectivity index (χ1) is 34.3. The largest absolute Gasteiger partial charge is 0.448 e. The van der Waals surface area contributed by atoms with E-state index < -0.39 is 42.7 Å². The highest BCUT2D eigenvalue weighted by molar-refractivity contribution is 6.31. The molecule has 1 aromatic heterocycles. The fourth-order valence-corrected chi connectivity index (χ4v) is 10.1. The number of carbonyl (C=O) groups is 3. The van der Waals surface area contributed by atoms with Crippen molar-refractivity contribution < 1.29 is 43.9 Å². The van der Waals surface area contributed by atoms with Crippen molar-refractivity contribution in [2.45, 2.75) is 88.5 Å². The second kappa shape index (κ2) is 23.8. The van der Waals surface area contributed by atoms with E-state index in [2.05, 4.69) is 39.6 Å². The SMILES string of the molecule is Cc1ccccc1C[C@@H](CNC(=O)c1nc(Cl)c(N)nc1N)CN(CC1CCN(C(=O)CCCC[C@H](O)[C@@H](O)[C@@H]2O[C@H](c3ccccc3)OC[C@H]2O)CC1)C(=O)OCC1c2ccccc2-c2ccccc21. The fraction of sp³-hybridized carbons (Fsp3) is 0.426. The number of hydrogen-bond acceptors (Lipinski definition) is 13. The maximum Gasteiger partial charge on any atom is 0.409 e. The molecular weight excluding hydrogens is 926 g/mol. The number of benzene rings is 4. The molecule has 8 N–H and O–H groups in total.